The summed E-state index contributed by atoms with van der Waals surface area (Å²) in [6.45, 7) is 0.322. The van der Waals surface area contributed by atoms with Crippen LogP contribution in [-0.2, 0) is 4.74 Å². The fraction of sp³-hybridized carbons (Fsp3) is 0.174. The lowest BCUT2D eigenvalue weighted by Crippen LogP contribution is -2.29. The van der Waals surface area contributed by atoms with Crippen LogP contribution in [0.5, 0.6) is 17.2 Å². The van der Waals surface area contributed by atoms with E-state index in [9.17, 15) is 4.79 Å². The van der Waals surface area contributed by atoms with Gasteiger partial charge in [0.2, 0.25) is 0 Å². The average Bonchev–Trinajstić information content (AvgIpc) is 2.75. The fourth-order valence-corrected chi connectivity index (χ4v) is 2.82. The number of ether oxygens (including phenoxy) is 3. The first-order chi connectivity index (χ1) is 13.7. The Labute approximate surface area is 164 Å². The number of hydrogen-bond acceptors (Lipinski definition) is 4. The maximum atomic E-state index is 12.8. The van der Waals surface area contributed by atoms with E-state index in [0.717, 1.165) is 11.3 Å². The largest absolute Gasteiger partial charge is 0.497 e. The molecule has 0 saturated heterocycles. The molecule has 5 nitrogen and oxygen atoms in total. The minimum Gasteiger partial charge on any atom is -0.497 e. The van der Waals surface area contributed by atoms with Crippen molar-refractivity contribution in [1.29, 1.82) is 0 Å². The van der Waals surface area contributed by atoms with Crippen molar-refractivity contribution in [3.05, 3.63) is 90.0 Å². The van der Waals surface area contributed by atoms with Crippen LogP contribution >= 0.6 is 0 Å². The van der Waals surface area contributed by atoms with Crippen molar-refractivity contribution >= 4 is 5.91 Å². The summed E-state index contributed by atoms with van der Waals surface area (Å²) in [6, 6.07) is 24.1. The van der Waals surface area contributed by atoms with E-state index < -0.39 is 0 Å². The van der Waals surface area contributed by atoms with Gasteiger partial charge in [0.25, 0.3) is 5.91 Å². The second kappa shape index (κ2) is 9.58. The molecule has 144 valence electrons. The molecule has 0 aliphatic carbocycles. The highest BCUT2D eigenvalue weighted by Crippen LogP contribution is 2.25. The third kappa shape index (κ3) is 4.90. The summed E-state index contributed by atoms with van der Waals surface area (Å²) in [5, 5.41) is 2.93. The summed E-state index contributed by atoms with van der Waals surface area (Å²) in [5.41, 5.74) is 1.39. The number of carbonyl (C=O) groups excluding carboxylic acids is 1. The lowest BCUT2D eigenvalue weighted by molar-refractivity contribution is 0.0825. The van der Waals surface area contributed by atoms with Crippen LogP contribution in [0.4, 0.5) is 0 Å². The summed E-state index contributed by atoms with van der Waals surface area (Å²) < 4.78 is 16.7. The second-order valence-corrected chi connectivity index (χ2v) is 6.12. The Morgan fingerprint density at radius 3 is 2.36 bits per heavy atom. The van der Waals surface area contributed by atoms with Crippen molar-refractivity contribution in [3.8, 4) is 17.2 Å². The molecule has 0 heterocycles. The maximum absolute atomic E-state index is 12.8. The fourth-order valence-electron chi connectivity index (χ4n) is 2.82. The number of carbonyl (C=O) groups is 1. The number of benzene rings is 3. The van der Waals surface area contributed by atoms with E-state index >= 15 is 0 Å². The van der Waals surface area contributed by atoms with Gasteiger partial charge in [-0.1, -0.05) is 42.5 Å². The molecule has 0 bridgehead atoms. The van der Waals surface area contributed by atoms with Gasteiger partial charge >= 0.3 is 0 Å². The molecule has 1 N–H and O–H groups in total. The number of nitrogens with one attached hydrogen (secondary N) is 1. The second-order valence-electron chi connectivity index (χ2n) is 6.12. The highest BCUT2D eigenvalue weighted by atomic mass is 16.5. The molecule has 3 aromatic rings. The normalized spacial score (nSPS) is 11.5. The first-order valence-corrected chi connectivity index (χ1v) is 8.98. The maximum Gasteiger partial charge on any atom is 0.255 e. The van der Waals surface area contributed by atoms with Crippen molar-refractivity contribution in [2.75, 3.05) is 20.8 Å². The van der Waals surface area contributed by atoms with Crippen molar-refractivity contribution < 1.29 is 19.0 Å². The van der Waals surface area contributed by atoms with Crippen molar-refractivity contribution in [1.82, 2.24) is 5.32 Å². The zero-order chi connectivity index (χ0) is 19.8. The third-order valence-corrected chi connectivity index (χ3v) is 4.30. The monoisotopic (exact) mass is 377 g/mol. The summed E-state index contributed by atoms with van der Waals surface area (Å²) in [5.74, 6) is 1.69. The van der Waals surface area contributed by atoms with Gasteiger partial charge in [0, 0.05) is 13.7 Å². The lowest BCUT2D eigenvalue weighted by atomic mass is 10.1. The Balaban J connectivity index is 1.70. The van der Waals surface area contributed by atoms with Crippen LogP contribution in [0.1, 0.15) is 22.0 Å². The molecule has 3 rings (SSSR count). The van der Waals surface area contributed by atoms with Gasteiger partial charge in [0.1, 0.15) is 17.2 Å². The van der Waals surface area contributed by atoms with Gasteiger partial charge in [-0.3, -0.25) is 4.79 Å². The van der Waals surface area contributed by atoms with E-state index in [4.69, 9.17) is 14.2 Å². The number of para-hydroxylation sites is 2. The quantitative estimate of drug-likeness (QED) is 0.623. The molecule has 1 atom stereocenters. The zero-order valence-corrected chi connectivity index (χ0v) is 15.9. The predicted molar refractivity (Wildman–Crippen MR) is 108 cm³/mol. The first kappa shape index (κ1) is 19.5. The molecule has 0 fully saturated rings. The van der Waals surface area contributed by atoms with Crippen LogP contribution in [0.25, 0.3) is 0 Å². The van der Waals surface area contributed by atoms with E-state index in [1.165, 1.54) is 0 Å². The van der Waals surface area contributed by atoms with Crippen molar-refractivity contribution in [2.24, 2.45) is 0 Å². The summed E-state index contributed by atoms with van der Waals surface area (Å²) in [4.78, 5) is 12.8. The molecule has 3 aromatic carbocycles. The van der Waals surface area contributed by atoms with Gasteiger partial charge in [0.15, 0.2) is 0 Å². The van der Waals surface area contributed by atoms with Crippen LogP contribution in [0.2, 0.25) is 0 Å². The van der Waals surface area contributed by atoms with E-state index in [0.29, 0.717) is 23.6 Å². The van der Waals surface area contributed by atoms with E-state index in [2.05, 4.69) is 5.32 Å². The minimum atomic E-state index is -0.291. The molecule has 0 radical (unpaired) electrons. The Morgan fingerprint density at radius 1 is 0.893 bits per heavy atom. The molecule has 0 spiro atoms. The van der Waals surface area contributed by atoms with E-state index in [-0.39, 0.29) is 12.0 Å². The molecule has 0 aliphatic rings. The van der Waals surface area contributed by atoms with Crippen molar-refractivity contribution in [3.63, 3.8) is 0 Å². The first-order valence-electron chi connectivity index (χ1n) is 8.98. The number of hydrogen-bond donors (Lipinski definition) is 1. The minimum absolute atomic E-state index is 0.225. The summed E-state index contributed by atoms with van der Waals surface area (Å²) in [6.07, 6.45) is -0.291. The topological polar surface area (TPSA) is 56.8 Å². The van der Waals surface area contributed by atoms with Gasteiger partial charge in [-0.2, -0.15) is 0 Å². The molecule has 1 unspecified atom stereocenters. The molecule has 0 saturated carbocycles. The molecule has 0 aromatic heterocycles. The standard InChI is InChI=1S/C23H23NO4/c1-26-19-12-8-9-17(15-19)22(27-2)16-24-23(25)20-13-6-7-14-21(20)28-18-10-4-3-5-11-18/h3-15,22H,16H2,1-2H3,(H,24,25). The van der Waals surface area contributed by atoms with Gasteiger partial charge in [-0.15, -0.1) is 0 Å². The highest BCUT2D eigenvalue weighted by molar-refractivity contribution is 5.97. The SMILES string of the molecule is COc1cccc(C(CNC(=O)c2ccccc2Oc2ccccc2)OC)c1. The zero-order valence-electron chi connectivity index (χ0n) is 15.9. The summed E-state index contributed by atoms with van der Waals surface area (Å²) >= 11 is 0. The molecule has 0 aliphatic heterocycles. The van der Waals surface area contributed by atoms with Crippen LogP contribution < -0.4 is 14.8 Å². The van der Waals surface area contributed by atoms with E-state index in [1.54, 1.807) is 26.4 Å². The van der Waals surface area contributed by atoms with Crippen LogP contribution in [0.3, 0.4) is 0 Å². The third-order valence-electron chi connectivity index (χ3n) is 4.30. The van der Waals surface area contributed by atoms with E-state index in [1.807, 2.05) is 66.7 Å². The van der Waals surface area contributed by atoms with Gasteiger partial charge < -0.3 is 19.5 Å². The smallest absolute Gasteiger partial charge is 0.255 e. The van der Waals surface area contributed by atoms with Gasteiger partial charge in [0.05, 0.1) is 18.8 Å². The lowest BCUT2D eigenvalue weighted by Gasteiger charge is -2.18. The molecule has 5 heteroatoms. The average molecular weight is 377 g/mol. The Hall–Kier alpha value is -3.31. The highest BCUT2D eigenvalue weighted by Gasteiger charge is 2.16. The Kier molecular flexibility index (Phi) is 6.65. The molecule has 1 amide bonds. The Morgan fingerprint density at radius 2 is 1.61 bits per heavy atom. The van der Waals surface area contributed by atoms with Crippen LogP contribution in [0.15, 0.2) is 78.9 Å². The molecular formula is C23H23NO4. The Bertz CT molecular complexity index is 911. The van der Waals surface area contributed by atoms with Gasteiger partial charge in [-0.25, -0.2) is 0 Å². The molecular weight excluding hydrogens is 354 g/mol. The number of methoxy groups -OCH3 is 2. The molecule has 28 heavy (non-hydrogen) atoms. The van der Waals surface area contributed by atoms with Crippen LogP contribution in [-0.4, -0.2) is 26.7 Å². The number of rotatable bonds is 8. The number of amides is 1. The van der Waals surface area contributed by atoms with Crippen molar-refractivity contribution in [2.45, 2.75) is 6.10 Å². The van der Waals surface area contributed by atoms with Gasteiger partial charge in [-0.05, 0) is 42.0 Å². The summed E-state index contributed by atoms with van der Waals surface area (Å²) in [7, 11) is 3.23. The van der Waals surface area contributed by atoms with Crippen LogP contribution in [0, 0.1) is 0 Å². The predicted octanol–water partition coefficient (Wildman–Crippen LogP) is 4.61.